The zero-order valence-electron chi connectivity index (χ0n) is 12.4. The predicted molar refractivity (Wildman–Crippen MR) is 87.9 cm³/mol. The minimum Gasteiger partial charge on any atom is -0.494 e. The van der Waals surface area contributed by atoms with Crippen LogP contribution in [-0.2, 0) is 10.0 Å². The molecule has 0 spiro atoms. The lowest BCUT2D eigenvalue weighted by atomic mass is 10.2. The molecule has 118 valence electrons. The molecule has 2 aromatic rings. The monoisotopic (exact) mass is 339 g/mol. The van der Waals surface area contributed by atoms with E-state index < -0.39 is 10.0 Å². The van der Waals surface area contributed by atoms with E-state index in [-0.39, 0.29) is 4.21 Å². The number of benzene rings is 1. The summed E-state index contributed by atoms with van der Waals surface area (Å²) >= 11 is 1.14. The Balaban J connectivity index is 2.30. The van der Waals surface area contributed by atoms with E-state index in [1.807, 2.05) is 13.8 Å². The van der Waals surface area contributed by atoms with Crippen molar-refractivity contribution in [3.05, 3.63) is 41.3 Å². The van der Waals surface area contributed by atoms with E-state index >= 15 is 0 Å². The van der Waals surface area contributed by atoms with Crippen LogP contribution in [0.1, 0.15) is 19.4 Å². The molecule has 0 atom stereocenters. The van der Waals surface area contributed by atoms with Crippen LogP contribution in [0, 0.1) is 0 Å². The maximum atomic E-state index is 12.1. The fourth-order valence-corrected chi connectivity index (χ4v) is 3.58. The quantitative estimate of drug-likeness (QED) is 0.726. The summed E-state index contributed by atoms with van der Waals surface area (Å²) in [4.78, 5) is 0. The molecule has 22 heavy (non-hydrogen) atoms. The van der Waals surface area contributed by atoms with Crippen LogP contribution in [0.5, 0.6) is 11.5 Å². The Morgan fingerprint density at radius 2 is 1.95 bits per heavy atom. The van der Waals surface area contributed by atoms with Crippen molar-refractivity contribution >= 4 is 27.6 Å². The smallest absolute Gasteiger partial charge is 0.291 e. The first-order valence-electron chi connectivity index (χ1n) is 6.80. The Labute approximate surface area is 134 Å². The zero-order valence-corrected chi connectivity index (χ0v) is 14.0. The van der Waals surface area contributed by atoms with Crippen molar-refractivity contribution < 1.29 is 17.9 Å². The van der Waals surface area contributed by atoms with Gasteiger partial charge in [-0.25, -0.2) is 0 Å². The number of hydrogen-bond donors (Lipinski definition) is 0. The van der Waals surface area contributed by atoms with Gasteiger partial charge >= 0.3 is 0 Å². The number of hydrogen-bond acceptors (Lipinski definition) is 5. The van der Waals surface area contributed by atoms with Gasteiger partial charge in [0, 0.05) is 11.6 Å². The van der Waals surface area contributed by atoms with Gasteiger partial charge in [0.1, 0.15) is 15.7 Å². The third-order valence-electron chi connectivity index (χ3n) is 2.68. The van der Waals surface area contributed by atoms with Gasteiger partial charge in [-0.1, -0.05) is 6.07 Å². The zero-order chi connectivity index (χ0) is 16.0. The molecule has 7 heteroatoms. The highest BCUT2D eigenvalue weighted by Gasteiger charge is 2.13. The molecule has 0 bridgehead atoms. The fraction of sp³-hybridized carbons (Fsp3) is 0.267. The molecular formula is C15H17NO4S2. The Bertz CT molecular complexity index is 737. The van der Waals surface area contributed by atoms with Gasteiger partial charge in [-0.05, 0) is 37.4 Å². The third-order valence-corrected chi connectivity index (χ3v) is 5.29. The summed E-state index contributed by atoms with van der Waals surface area (Å²) < 4.78 is 39.0. The van der Waals surface area contributed by atoms with Crippen LogP contribution in [0.3, 0.4) is 0 Å². The van der Waals surface area contributed by atoms with Crippen LogP contribution < -0.4 is 9.47 Å². The fourth-order valence-electron chi connectivity index (χ4n) is 1.75. The van der Waals surface area contributed by atoms with Crippen molar-refractivity contribution in [2.45, 2.75) is 18.1 Å². The van der Waals surface area contributed by atoms with Gasteiger partial charge in [0.25, 0.3) is 10.0 Å². The predicted octanol–water partition coefficient (Wildman–Crippen LogP) is 3.35. The Morgan fingerprint density at radius 1 is 1.18 bits per heavy atom. The van der Waals surface area contributed by atoms with Crippen molar-refractivity contribution in [1.29, 1.82) is 0 Å². The van der Waals surface area contributed by atoms with E-state index in [4.69, 9.17) is 9.47 Å². The number of ether oxygens (including phenoxy) is 2. The van der Waals surface area contributed by atoms with Crippen molar-refractivity contribution in [3.63, 3.8) is 0 Å². The van der Waals surface area contributed by atoms with Crippen molar-refractivity contribution in [2.24, 2.45) is 4.40 Å². The highest BCUT2D eigenvalue weighted by molar-refractivity contribution is 7.92. The summed E-state index contributed by atoms with van der Waals surface area (Å²) in [6, 6.07) is 8.41. The van der Waals surface area contributed by atoms with Crippen molar-refractivity contribution in [3.8, 4) is 11.5 Å². The highest BCUT2D eigenvalue weighted by Crippen LogP contribution is 2.25. The highest BCUT2D eigenvalue weighted by atomic mass is 32.2. The summed E-state index contributed by atoms with van der Waals surface area (Å²) in [5.74, 6) is 1.21. The van der Waals surface area contributed by atoms with Gasteiger partial charge < -0.3 is 9.47 Å². The van der Waals surface area contributed by atoms with Gasteiger partial charge in [-0.3, -0.25) is 0 Å². The largest absolute Gasteiger partial charge is 0.494 e. The molecule has 0 aliphatic heterocycles. The lowest BCUT2D eigenvalue weighted by Crippen LogP contribution is -2.00. The Morgan fingerprint density at radius 3 is 2.59 bits per heavy atom. The molecule has 0 saturated heterocycles. The maximum Gasteiger partial charge on any atom is 0.291 e. The van der Waals surface area contributed by atoms with E-state index in [1.165, 1.54) is 12.3 Å². The van der Waals surface area contributed by atoms with Crippen LogP contribution >= 0.6 is 11.3 Å². The Hall–Kier alpha value is -1.86. The number of thiophene rings is 1. The summed E-state index contributed by atoms with van der Waals surface area (Å²) in [6.45, 7) is 4.76. The summed E-state index contributed by atoms with van der Waals surface area (Å²) in [7, 11) is -3.67. The van der Waals surface area contributed by atoms with E-state index in [1.54, 1.807) is 29.6 Å². The molecular weight excluding hydrogens is 322 g/mol. The number of rotatable bonds is 7. The molecule has 0 unspecified atom stereocenters. The van der Waals surface area contributed by atoms with Gasteiger partial charge in [-0.15, -0.1) is 11.3 Å². The minimum absolute atomic E-state index is 0.215. The molecule has 5 nitrogen and oxygen atoms in total. The molecule has 2 rings (SSSR count). The van der Waals surface area contributed by atoms with E-state index in [9.17, 15) is 8.42 Å². The molecule has 0 amide bonds. The van der Waals surface area contributed by atoms with Crippen LogP contribution in [0.25, 0.3) is 0 Å². The Kier molecular flexibility index (Phi) is 5.57. The van der Waals surface area contributed by atoms with Crippen molar-refractivity contribution in [2.75, 3.05) is 13.2 Å². The summed E-state index contributed by atoms with van der Waals surface area (Å²) in [5.41, 5.74) is 0.588. The maximum absolute atomic E-state index is 12.1. The lowest BCUT2D eigenvalue weighted by molar-refractivity contribution is 0.323. The molecule has 0 fully saturated rings. The topological polar surface area (TPSA) is 65.0 Å². The van der Waals surface area contributed by atoms with Crippen LogP contribution in [0.2, 0.25) is 0 Å². The summed E-state index contributed by atoms with van der Waals surface area (Å²) in [6.07, 6.45) is 1.30. The summed E-state index contributed by atoms with van der Waals surface area (Å²) in [5, 5.41) is 1.70. The first-order chi connectivity index (χ1) is 10.6. The second-order valence-electron chi connectivity index (χ2n) is 4.21. The average Bonchev–Trinajstić information content (AvgIpc) is 3.02. The van der Waals surface area contributed by atoms with Gasteiger partial charge in [0.15, 0.2) is 0 Å². The van der Waals surface area contributed by atoms with E-state index in [0.29, 0.717) is 30.3 Å². The second-order valence-corrected chi connectivity index (χ2v) is 7.01. The number of sulfonamides is 1. The molecule has 1 aromatic heterocycles. The number of nitrogens with zero attached hydrogens (tertiary/aromatic N) is 1. The van der Waals surface area contributed by atoms with Crippen LogP contribution in [-0.4, -0.2) is 27.8 Å². The minimum atomic E-state index is -3.67. The van der Waals surface area contributed by atoms with Crippen LogP contribution in [0.15, 0.2) is 44.3 Å². The molecule has 1 heterocycles. The molecule has 0 N–H and O–H groups in total. The van der Waals surface area contributed by atoms with Gasteiger partial charge in [0.2, 0.25) is 0 Å². The average molecular weight is 339 g/mol. The first-order valence-corrected chi connectivity index (χ1v) is 9.12. The van der Waals surface area contributed by atoms with Crippen LogP contribution in [0.4, 0.5) is 0 Å². The van der Waals surface area contributed by atoms with E-state index in [2.05, 4.69) is 4.40 Å². The third kappa shape index (κ3) is 4.08. The first kappa shape index (κ1) is 16.5. The second kappa shape index (κ2) is 7.42. The molecule has 0 aliphatic carbocycles. The molecule has 0 aliphatic rings. The molecule has 1 aromatic carbocycles. The normalized spacial score (nSPS) is 11.7. The van der Waals surface area contributed by atoms with Gasteiger partial charge in [-0.2, -0.15) is 12.8 Å². The molecule has 0 radical (unpaired) electrons. The van der Waals surface area contributed by atoms with Crippen molar-refractivity contribution in [1.82, 2.24) is 0 Å². The standard InChI is InChI=1S/C15H17NO4S2/c1-3-19-13-8-7-12(14(10-13)20-4-2)11-16-22(17,18)15-6-5-9-21-15/h5-11H,3-4H2,1-2H3/b16-11-. The lowest BCUT2D eigenvalue weighted by Gasteiger charge is -2.09. The van der Waals surface area contributed by atoms with E-state index in [0.717, 1.165) is 11.3 Å². The SMILES string of the molecule is CCOc1ccc(/C=N\S(=O)(=O)c2cccs2)c(OCC)c1. The molecule has 0 saturated carbocycles. The van der Waals surface area contributed by atoms with Gasteiger partial charge in [0.05, 0.1) is 19.4 Å².